The number of anilines is 1. The van der Waals surface area contributed by atoms with Crippen molar-refractivity contribution in [2.24, 2.45) is 0 Å². The van der Waals surface area contributed by atoms with Crippen molar-refractivity contribution in [3.63, 3.8) is 0 Å². The first-order valence-electron chi connectivity index (χ1n) is 10.2. The summed E-state index contributed by atoms with van der Waals surface area (Å²) < 4.78 is 47.2. The smallest absolute Gasteiger partial charge is 0.471 e. The molecule has 0 aliphatic carbocycles. The molecular weight excluding hydrogens is 449 g/mol. The van der Waals surface area contributed by atoms with E-state index >= 15 is 0 Å². The number of hydrogen-bond donors (Lipinski definition) is 2. The van der Waals surface area contributed by atoms with E-state index in [1.165, 1.54) is 19.2 Å². The standard InChI is InChI=1S/C19H27F3N6O5/c1-26(9-3-7-23-17(29)19(20,21)22)10-4-8-24-18-25-28(31)16-13-14(33-12-11-32-2)5-6-15(16)27(18)30/h5-6,13H,3-4,7-12H2,1-2H3,(H,23,29)(H,24,25). The number of aromatic nitrogens is 3. The van der Waals surface area contributed by atoms with Crippen LogP contribution in [0.25, 0.3) is 11.0 Å². The molecule has 1 aromatic heterocycles. The lowest BCUT2D eigenvalue weighted by molar-refractivity contribution is -0.672. The fourth-order valence-corrected chi connectivity index (χ4v) is 2.87. The summed E-state index contributed by atoms with van der Waals surface area (Å²) in [6, 6.07) is 4.47. The maximum absolute atomic E-state index is 12.5. The number of amides is 1. The van der Waals surface area contributed by atoms with E-state index in [1.54, 1.807) is 13.1 Å². The summed E-state index contributed by atoms with van der Waals surface area (Å²) in [6.07, 6.45) is -3.95. The minimum absolute atomic E-state index is 0.0582. The Kier molecular flexibility index (Phi) is 9.66. The number of carbonyl (C=O) groups is 1. The van der Waals surface area contributed by atoms with Crippen LogP contribution in [0.3, 0.4) is 0 Å². The zero-order valence-corrected chi connectivity index (χ0v) is 18.4. The third-order valence-electron chi connectivity index (χ3n) is 4.57. The normalized spacial score (nSPS) is 11.7. The SMILES string of the molecule is COCCOc1ccc2c(c1)[n+]([O-])nc(NCCCN(C)CCCNC(=O)C(F)(F)F)[n+]2[O-]. The average molecular weight is 476 g/mol. The quantitative estimate of drug-likeness (QED) is 0.240. The molecule has 0 spiro atoms. The number of hydrogen-bond acceptors (Lipinski definition) is 8. The van der Waals surface area contributed by atoms with Crippen LogP contribution in [0.2, 0.25) is 0 Å². The van der Waals surface area contributed by atoms with Crippen LogP contribution in [0.4, 0.5) is 19.1 Å². The fourth-order valence-electron chi connectivity index (χ4n) is 2.87. The van der Waals surface area contributed by atoms with Gasteiger partial charge in [-0.1, -0.05) is 0 Å². The number of nitrogens with zero attached hydrogens (tertiary/aromatic N) is 4. The topological polar surface area (TPSA) is 130 Å². The highest BCUT2D eigenvalue weighted by molar-refractivity contribution is 5.81. The molecule has 0 fully saturated rings. The predicted molar refractivity (Wildman–Crippen MR) is 111 cm³/mol. The van der Waals surface area contributed by atoms with E-state index in [-0.39, 0.29) is 23.5 Å². The minimum Gasteiger partial charge on any atom is -0.739 e. The van der Waals surface area contributed by atoms with Gasteiger partial charge in [0.15, 0.2) is 5.52 Å². The van der Waals surface area contributed by atoms with Crippen LogP contribution in [0.5, 0.6) is 5.75 Å². The van der Waals surface area contributed by atoms with E-state index in [2.05, 4.69) is 10.4 Å². The van der Waals surface area contributed by atoms with Crippen molar-refractivity contribution in [2.75, 3.05) is 58.9 Å². The molecule has 14 heteroatoms. The molecule has 1 amide bonds. The van der Waals surface area contributed by atoms with Crippen molar-refractivity contribution in [3.05, 3.63) is 28.6 Å². The van der Waals surface area contributed by atoms with Crippen LogP contribution in [-0.2, 0) is 9.53 Å². The number of methoxy groups -OCH3 is 1. The Hall–Kier alpha value is -3.13. The predicted octanol–water partition coefficient (Wildman–Crippen LogP) is 0.329. The molecule has 0 bridgehead atoms. The number of rotatable bonds is 13. The van der Waals surface area contributed by atoms with Crippen LogP contribution in [0, 0.1) is 10.4 Å². The number of halogens is 3. The molecule has 33 heavy (non-hydrogen) atoms. The first-order valence-corrected chi connectivity index (χ1v) is 10.2. The number of carbonyl (C=O) groups excluding carboxylic acids is 1. The number of benzene rings is 1. The Morgan fingerprint density at radius 3 is 2.52 bits per heavy atom. The van der Waals surface area contributed by atoms with E-state index in [0.29, 0.717) is 61.0 Å². The second-order valence-corrected chi connectivity index (χ2v) is 7.17. The van der Waals surface area contributed by atoms with Crippen molar-refractivity contribution in [1.29, 1.82) is 0 Å². The Balaban J connectivity index is 1.79. The van der Waals surface area contributed by atoms with Gasteiger partial charge in [-0.3, -0.25) is 10.1 Å². The van der Waals surface area contributed by atoms with Gasteiger partial charge in [-0.25, -0.2) is 4.73 Å². The molecule has 1 heterocycles. The van der Waals surface area contributed by atoms with Crippen LogP contribution >= 0.6 is 0 Å². The Bertz CT molecular complexity index is 931. The van der Waals surface area contributed by atoms with Gasteiger partial charge in [-0.05, 0) is 38.6 Å². The first kappa shape index (κ1) is 26.1. The van der Waals surface area contributed by atoms with Gasteiger partial charge in [-0.2, -0.15) is 13.2 Å². The van der Waals surface area contributed by atoms with Crippen LogP contribution < -0.4 is 24.9 Å². The molecule has 2 rings (SSSR count). The van der Waals surface area contributed by atoms with Crippen molar-refractivity contribution in [1.82, 2.24) is 15.3 Å². The molecule has 0 unspecified atom stereocenters. The second-order valence-electron chi connectivity index (χ2n) is 7.17. The van der Waals surface area contributed by atoms with E-state index in [1.807, 2.05) is 10.2 Å². The summed E-state index contributed by atoms with van der Waals surface area (Å²) in [5.41, 5.74) is 0.183. The third-order valence-corrected chi connectivity index (χ3v) is 4.57. The zero-order valence-electron chi connectivity index (χ0n) is 18.4. The summed E-state index contributed by atoms with van der Waals surface area (Å²) >= 11 is 0. The maximum atomic E-state index is 12.5. The number of ether oxygens (including phenoxy) is 2. The lowest BCUT2D eigenvalue weighted by Gasteiger charge is -2.16. The Morgan fingerprint density at radius 1 is 1.15 bits per heavy atom. The van der Waals surface area contributed by atoms with E-state index in [0.717, 1.165) is 0 Å². The highest BCUT2D eigenvalue weighted by atomic mass is 19.4. The average Bonchev–Trinajstić information content (AvgIpc) is 2.76. The minimum atomic E-state index is -4.88. The number of alkyl halides is 3. The van der Waals surface area contributed by atoms with E-state index < -0.39 is 12.1 Å². The van der Waals surface area contributed by atoms with Gasteiger partial charge < -0.3 is 30.1 Å². The molecule has 0 saturated heterocycles. The van der Waals surface area contributed by atoms with Gasteiger partial charge in [0.2, 0.25) is 5.10 Å². The molecule has 0 atom stereocenters. The van der Waals surface area contributed by atoms with Gasteiger partial charge in [0.25, 0.3) is 0 Å². The van der Waals surface area contributed by atoms with Crippen LogP contribution in [-0.4, -0.2) is 75.6 Å². The van der Waals surface area contributed by atoms with Crippen molar-refractivity contribution in [2.45, 2.75) is 19.0 Å². The van der Waals surface area contributed by atoms with Gasteiger partial charge in [0.1, 0.15) is 12.4 Å². The highest BCUT2D eigenvalue weighted by Gasteiger charge is 2.38. The molecule has 0 aliphatic heterocycles. The lowest BCUT2D eigenvalue weighted by Crippen LogP contribution is -2.44. The van der Waals surface area contributed by atoms with Gasteiger partial charge in [0, 0.05) is 25.0 Å². The zero-order chi connectivity index (χ0) is 24.4. The Morgan fingerprint density at radius 2 is 1.85 bits per heavy atom. The van der Waals surface area contributed by atoms with Gasteiger partial charge in [0.05, 0.1) is 19.2 Å². The number of fused-ring (bicyclic) bond motifs is 1. The van der Waals surface area contributed by atoms with Gasteiger partial charge in [-0.15, -0.1) is 0 Å². The second kappa shape index (κ2) is 12.2. The third kappa shape index (κ3) is 8.05. The highest BCUT2D eigenvalue weighted by Crippen LogP contribution is 2.16. The van der Waals surface area contributed by atoms with Crippen molar-refractivity contribution >= 4 is 22.9 Å². The summed E-state index contributed by atoms with van der Waals surface area (Å²) in [5, 5.41) is 33.2. The van der Waals surface area contributed by atoms with Crippen molar-refractivity contribution in [3.8, 4) is 5.75 Å². The fraction of sp³-hybridized carbons (Fsp3) is 0.579. The molecule has 11 nitrogen and oxygen atoms in total. The van der Waals surface area contributed by atoms with E-state index in [9.17, 15) is 28.4 Å². The molecule has 0 saturated carbocycles. The summed E-state index contributed by atoms with van der Waals surface area (Å²) in [5.74, 6) is -1.69. The lowest BCUT2D eigenvalue weighted by atomic mass is 10.3. The molecule has 0 radical (unpaired) electrons. The van der Waals surface area contributed by atoms with Crippen LogP contribution in [0.15, 0.2) is 18.2 Å². The number of nitrogens with one attached hydrogen (secondary N) is 2. The molecule has 2 N–H and O–H groups in total. The Labute approximate surface area is 188 Å². The molecule has 2 aromatic rings. The van der Waals surface area contributed by atoms with E-state index in [4.69, 9.17) is 9.47 Å². The molecule has 184 valence electrons. The summed E-state index contributed by atoms with van der Waals surface area (Å²) in [6.45, 7) is 1.98. The van der Waals surface area contributed by atoms with Crippen LogP contribution in [0.1, 0.15) is 12.8 Å². The monoisotopic (exact) mass is 476 g/mol. The summed E-state index contributed by atoms with van der Waals surface area (Å²) in [7, 11) is 3.32. The maximum Gasteiger partial charge on any atom is 0.471 e. The molecule has 0 aliphatic rings. The molecule has 1 aromatic carbocycles. The summed E-state index contributed by atoms with van der Waals surface area (Å²) in [4.78, 5) is 13.0. The largest absolute Gasteiger partial charge is 0.739 e. The molecular formula is C19H27F3N6O5. The first-order chi connectivity index (χ1) is 15.6. The van der Waals surface area contributed by atoms with Gasteiger partial charge >= 0.3 is 23.5 Å². The van der Waals surface area contributed by atoms with Crippen molar-refractivity contribution < 1.29 is 37.0 Å².